The molecule has 1 N–H and O–H groups in total. The molecule has 2 rings (SSSR count). The van der Waals surface area contributed by atoms with Crippen molar-refractivity contribution < 1.29 is 13.9 Å². The smallest absolute Gasteiger partial charge is 0.408 e. The molecule has 4 nitrogen and oxygen atoms in total. The van der Waals surface area contributed by atoms with E-state index in [2.05, 4.69) is 21.2 Å². The first-order valence-corrected chi connectivity index (χ1v) is 6.78. The molecule has 0 aliphatic carbocycles. The van der Waals surface area contributed by atoms with Gasteiger partial charge in [-0.15, -0.1) is 0 Å². The molecule has 0 unspecified atom stereocenters. The molecule has 0 fully saturated rings. The number of furan rings is 1. The normalized spacial score (nSPS) is 11.6. The Morgan fingerprint density at radius 3 is 2.79 bits per heavy atom. The van der Waals surface area contributed by atoms with Gasteiger partial charge in [0.25, 0.3) is 0 Å². The van der Waals surface area contributed by atoms with Crippen LogP contribution in [0, 0.1) is 0 Å². The van der Waals surface area contributed by atoms with Gasteiger partial charge in [-0.25, -0.2) is 4.79 Å². The van der Waals surface area contributed by atoms with Crippen molar-refractivity contribution in [3.8, 4) is 0 Å². The fraction of sp³-hybridized carbons (Fsp3) is 0.357. The highest BCUT2D eigenvalue weighted by molar-refractivity contribution is 9.10. The zero-order valence-electron chi connectivity index (χ0n) is 11.1. The maximum atomic E-state index is 11.5. The number of benzene rings is 1. The average Bonchev–Trinajstić information content (AvgIpc) is 2.66. The molecule has 1 aromatic carbocycles. The molecule has 0 radical (unpaired) electrons. The van der Waals surface area contributed by atoms with Crippen LogP contribution in [0.3, 0.4) is 0 Å². The summed E-state index contributed by atoms with van der Waals surface area (Å²) in [7, 11) is 0. The Hall–Kier alpha value is -1.49. The van der Waals surface area contributed by atoms with Crippen LogP contribution in [0.5, 0.6) is 0 Å². The van der Waals surface area contributed by atoms with Crippen molar-refractivity contribution in [1.29, 1.82) is 0 Å². The Balaban J connectivity index is 2.00. The number of ether oxygens (including phenoxy) is 1. The van der Waals surface area contributed by atoms with Crippen LogP contribution in [0.1, 0.15) is 26.5 Å². The third kappa shape index (κ3) is 3.99. The largest absolute Gasteiger partial charge is 0.459 e. The number of hydrogen-bond donors (Lipinski definition) is 1. The highest BCUT2D eigenvalue weighted by atomic mass is 79.9. The fourth-order valence-electron chi connectivity index (χ4n) is 1.63. The van der Waals surface area contributed by atoms with Crippen LogP contribution in [0.25, 0.3) is 11.0 Å². The van der Waals surface area contributed by atoms with Crippen molar-refractivity contribution in [2.24, 2.45) is 0 Å². The summed E-state index contributed by atoms with van der Waals surface area (Å²) in [4.78, 5) is 11.5. The van der Waals surface area contributed by atoms with Crippen molar-refractivity contribution in [3.05, 3.63) is 34.5 Å². The number of hydrogen-bond acceptors (Lipinski definition) is 3. The quantitative estimate of drug-likeness (QED) is 0.899. The number of carbonyl (C=O) groups excluding carboxylic acids is 1. The zero-order chi connectivity index (χ0) is 14.0. The van der Waals surface area contributed by atoms with Crippen LogP contribution in [-0.2, 0) is 11.3 Å². The summed E-state index contributed by atoms with van der Waals surface area (Å²) in [5.41, 5.74) is 0.298. The molecule has 2 aromatic rings. The molecule has 0 saturated carbocycles. The Bertz CT molecular complexity index is 598. The molecule has 102 valence electrons. The van der Waals surface area contributed by atoms with Gasteiger partial charge < -0.3 is 14.5 Å². The molecule has 0 atom stereocenters. The van der Waals surface area contributed by atoms with Gasteiger partial charge in [0.15, 0.2) is 0 Å². The minimum atomic E-state index is -0.497. The predicted octanol–water partition coefficient (Wildman–Crippen LogP) is 4.22. The topological polar surface area (TPSA) is 51.5 Å². The standard InChI is InChI=1S/C14H16BrNO3/c1-14(2,3)19-13(17)16-8-11-7-9-6-10(15)4-5-12(9)18-11/h4-7H,8H2,1-3H3,(H,16,17). The number of alkyl carbamates (subject to hydrolysis) is 1. The maximum absolute atomic E-state index is 11.5. The van der Waals surface area contributed by atoms with Gasteiger partial charge in [-0.2, -0.15) is 0 Å². The molecule has 0 aliphatic rings. The van der Waals surface area contributed by atoms with E-state index in [0.717, 1.165) is 15.4 Å². The Kier molecular flexibility index (Phi) is 3.85. The van der Waals surface area contributed by atoms with Crippen molar-refractivity contribution >= 4 is 33.0 Å². The second-order valence-electron chi connectivity index (χ2n) is 5.25. The lowest BCUT2D eigenvalue weighted by atomic mass is 10.2. The van der Waals surface area contributed by atoms with Crippen molar-refractivity contribution in [2.45, 2.75) is 32.9 Å². The van der Waals surface area contributed by atoms with E-state index in [1.165, 1.54) is 0 Å². The van der Waals surface area contributed by atoms with Crippen LogP contribution in [0.2, 0.25) is 0 Å². The van der Waals surface area contributed by atoms with E-state index in [9.17, 15) is 4.79 Å². The van der Waals surface area contributed by atoms with Gasteiger partial charge in [-0.05, 0) is 45.0 Å². The second kappa shape index (κ2) is 5.25. The first-order chi connectivity index (χ1) is 8.83. The number of carbonyl (C=O) groups is 1. The van der Waals surface area contributed by atoms with Gasteiger partial charge in [0.2, 0.25) is 0 Å². The van der Waals surface area contributed by atoms with E-state index in [1.54, 1.807) is 0 Å². The lowest BCUT2D eigenvalue weighted by Gasteiger charge is -2.19. The number of halogens is 1. The van der Waals surface area contributed by atoms with Gasteiger partial charge in [0.05, 0.1) is 6.54 Å². The van der Waals surface area contributed by atoms with Crippen molar-refractivity contribution in [2.75, 3.05) is 0 Å². The maximum Gasteiger partial charge on any atom is 0.408 e. The number of rotatable bonds is 2. The van der Waals surface area contributed by atoms with Gasteiger partial charge in [-0.1, -0.05) is 15.9 Å². The van der Waals surface area contributed by atoms with Crippen LogP contribution >= 0.6 is 15.9 Å². The van der Waals surface area contributed by atoms with E-state index in [4.69, 9.17) is 9.15 Å². The summed E-state index contributed by atoms with van der Waals surface area (Å²) in [6.45, 7) is 5.78. The number of amides is 1. The molecule has 0 saturated heterocycles. The third-order valence-electron chi connectivity index (χ3n) is 2.34. The first-order valence-electron chi connectivity index (χ1n) is 5.98. The Morgan fingerprint density at radius 2 is 2.11 bits per heavy atom. The number of fused-ring (bicyclic) bond motifs is 1. The monoisotopic (exact) mass is 325 g/mol. The molecule has 1 heterocycles. The lowest BCUT2D eigenvalue weighted by molar-refractivity contribution is 0.0520. The van der Waals surface area contributed by atoms with Crippen molar-refractivity contribution in [1.82, 2.24) is 5.32 Å². The molecular formula is C14H16BrNO3. The van der Waals surface area contributed by atoms with Crippen LogP contribution in [-0.4, -0.2) is 11.7 Å². The van der Waals surface area contributed by atoms with Crippen LogP contribution in [0.4, 0.5) is 4.79 Å². The fourth-order valence-corrected chi connectivity index (χ4v) is 2.01. The lowest BCUT2D eigenvalue weighted by Crippen LogP contribution is -2.32. The molecule has 0 aliphatic heterocycles. The zero-order valence-corrected chi connectivity index (χ0v) is 12.7. The van der Waals surface area contributed by atoms with E-state index in [0.29, 0.717) is 12.3 Å². The molecular weight excluding hydrogens is 310 g/mol. The highest BCUT2D eigenvalue weighted by Gasteiger charge is 2.16. The molecule has 0 bridgehead atoms. The SMILES string of the molecule is CC(C)(C)OC(=O)NCc1cc2cc(Br)ccc2o1. The minimum absolute atomic E-state index is 0.307. The second-order valence-corrected chi connectivity index (χ2v) is 6.17. The van der Waals surface area contributed by atoms with Crippen LogP contribution in [0.15, 0.2) is 33.2 Å². The summed E-state index contributed by atoms with van der Waals surface area (Å²) in [5.74, 6) is 0.693. The predicted molar refractivity (Wildman–Crippen MR) is 77.0 cm³/mol. The molecule has 1 amide bonds. The van der Waals surface area contributed by atoms with Crippen LogP contribution < -0.4 is 5.32 Å². The summed E-state index contributed by atoms with van der Waals surface area (Å²) < 4.78 is 11.8. The molecule has 1 aromatic heterocycles. The number of nitrogens with one attached hydrogen (secondary N) is 1. The third-order valence-corrected chi connectivity index (χ3v) is 2.83. The van der Waals surface area contributed by atoms with Gasteiger partial charge >= 0.3 is 6.09 Å². The van der Waals surface area contributed by atoms with E-state index >= 15 is 0 Å². The first kappa shape index (κ1) is 13.9. The summed E-state index contributed by atoms with van der Waals surface area (Å²) in [6, 6.07) is 7.67. The summed E-state index contributed by atoms with van der Waals surface area (Å²) in [5, 5.41) is 3.66. The molecule has 19 heavy (non-hydrogen) atoms. The summed E-state index contributed by atoms with van der Waals surface area (Å²) >= 11 is 3.41. The average molecular weight is 326 g/mol. The Labute approximate surface area is 120 Å². The van der Waals surface area contributed by atoms with Gasteiger partial charge in [0.1, 0.15) is 16.9 Å². The minimum Gasteiger partial charge on any atom is -0.459 e. The van der Waals surface area contributed by atoms with Crippen molar-refractivity contribution in [3.63, 3.8) is 0 Å². The van der Waals surface area contributed by atoms with E-state index in [-0.39, 0.29) is 0 Å². The van der Waals surface area contributed by atoms with E-state index < -0.39 is 11.7 Å². The molecule has 5 heteroatoms. The molecule has 0 spiro atoms. The van der Waals surface area contributed by atoms with E-state index in [1.807, 2.05) is 45.0 Å². The summed E-state index contributed by atoms with van der Waals surface area (Å²) in [6.07, 6.45) is -0.450. The van der Waals surface area contributed by atoms with Gasteiger partial charge in [0, 0.05) is 9.86 Å². The highest BCUT2D eigenvalue weighted by Crippen LogP contribution is 2.23. The van der Waals surface area contributed by atoms with Gasteiger partial charge in [-0.3, -0.25) is 0 Å². The Morgan fingerprint density at radius 1 is 1.37 bits per heavy atom.